The SMILES string of the molecule is CCC(C)C(NC(=O)OCc1ccccc1)C(=O)NC1CCOC1O. The third-order valence-electron chi connectivity index (χ3n) is 4.37. The predicted octanol–water partition coefficient (Wildman–Crippen LogP) is 1.55. The van der Waals surface area contributed by atoms with E-state index in [1.54, 1.807) is 0 Å². The lowest BCUT2D eigenvalue weighted by atomic mass is 9.98. The van der Waals surface area contributed by atoms with Gasteiger partial charge in [0, 0.05) is 0 Å². The van der Waals surface area contributed by atoms with Crippen molar-refractivity contribution in [3.05, 3.63) is 35.9 Å². The molecule has 1 fully saturated rings. The molecule has 1 aromatic rings. The van der Waals surface area contributed by atoms with Gasteiger partial charge in [0.25, 0.3) is 0 Å². The first-order valence-electron chi connectivity index (χ1n) is 8.58. The number of alkyl carbamates (subject to hydrolysis) is 1. The molecule has 0 aliphatic carbocycles. The minimum Gasteiger partial charge on any atom is -0.445 e. The number of nitrogens with one attached hydrogen (secondary N) is 2. The summed E-state index contributed by atoms with van der Waals surface area (Å²) in [5.74, 6) is -0.427. The summed E-state index contributed by atoms with van der Waals surface area (Å²) in [7, 11) is 0. The molecule has 138 valence electrons. The number of ether oxygens (including phenoxy) is 2. The number of rotatable bonds is 7. The number of aliphatic hydroxyl groups is 1. The molecule has 0 bridgehead atoms. The van der Waals surface area contributed by atoms with Gasteiger partial charge in [-0.25, -0.2) is 4.79 Å². The maximum atomic E-state index is 12.5. The molecule has 1 saturated heterocycles. The van der Waals surface area contributed by atoms with Gasteiger partial charge in [-0.15, -0.1) is 0 Å². The van der Waals surface area contributed by atoms with Crippen LogP contribution in [0.2, 0.25) is 0 Å². The summed E-state index contributed by atoms with van der Waals surface area (Å²) >= 11 is 0. The fraction of sp³-hybridized carbons (Fsp3) is 0.556. The van der Waals surface area contributed by atoms with E-state index in [4.69, 9.17) is 9.47 Å². The van der Waals surface area contributed by atoms with Gasteiger partial charge in [0.1, 0.15) is 12.6 Å². The molecule has 1 aromatic carbocycles. The van der Waals surface area contributed by atoms with Crippen LogP contribution in [0.3, 0.4) is 0 Å². The molecule has 7 heteroatoms. The molecule has 0 aromatic heterocycles. The summed E-state index contributed by atoms with van der Waals surface area (Å²) in [6.45, 7) is 4.35. The van der Waals surface area contributed by atoms with Gasteiger partial charge in [-0.1, -0.05) is 50.6 Å². The molecule has 7 nitrogen and oxygen atoms in total. The first-order chi connectivity index (χ1) is 12.0. The van der Waals surface area contributed by atoms with E-state index in [2.05, 4.69) is 10.6 Å². The number of aliphatic hydroxyl groups excluding tert-OH is 1. The molecular formula is C18H26N2O5. The molecule has 2 rings (SSSR count). The Balaban J connectivity index is 1.89. The predicted molar refractivity (Wildman–Crippen MR) is 91.5 cm³/mol. The van der Waals surface area contributed by atoms with Gasteiger partial charge >= 0.3 is 6.09 Å². The van der Waals surface area contributed by atoms with Gasteiger partial charge in [0.2, 0.25) is 5.91 Å². The Bertz CT molecular complexity index is 566. The molecular weight excluding hydrogens is 324 g/mol. The van der Waals surface area contributed by atoms with Crippen LogP contribution in [-0.4, -0.2) is 42.1 Å². The second-order valence-corrected chi connectivity index (χ2v) is 6.23. The number of amides is 2. The van der Waals surface area contributed by atoms with E-state index in [1.807, 2.05) is 44.2 Å². The van der Waals surface area contributed by atoms with E-state index in [0.717, 1.165) is 5.56 Å². The van der Waals surface area contributed by atoms with Gasteiger partial charge in [0.05, 0.1) is 12.6 Å². The van der Waals surface area contributed by atoms with Gasteiger partial charge < -0.3 is 25.2 Å². The number of benzene rings is 1. The zero-order valence-electron chi connectivity index (χ0n) is 14.6. The monoisotopic (exact) mass is 350 g/mol. The van der Waals surface area contributed by atoms with E-state index in [0.29, 0.717) is 19.4 Å². The number of carbonyl (C=O) groups excluding carboxylic acids is 2. The highest BCUT2D eigenvalue weighted by atomic mass is 16.6. The number of hydrogen-bond donors (Lipinski definition) is 3. The van der Waals surface area contributed by atoms with Crippen molar-refractivity contribution < 1.29 is 24.2 Å². The van der Waals surface area contributed by atoms with E-state index in [1.165, 1.54) is 0 Å². The van der Waals surface area contributed by atoms with Crippen LogP contribution in [0.4, 0.5) is 4.79 Å². The van der Waals surface area contributed by atoms with Crippen LogP contribution in [-0.2, 0) is 20.9 Å². The molecule has 4 atom stereocenters. The Morgan fingerprint density at radius 3 is 2.68 bits per heavy atom. The van der Waals surface area contributed by atoms with Gasteiger partial charge in [-0.3, -0.25) is 4.79 Å². The number of hydrogen-bond acceptors (Lipinski definition) is 5. The van der Waals surface area contributed by atoms with Crippen molar-refractivity contribution >= 4 is 12.0 Å². The van der Waals surface area contributed by atoms with E-state index in [-0.39, 0.29) is 18.4 Å². The van der Waals surface area contributed by atoms with E-state index < -0.39 is 24.5 Å². The van der Waals surface area contributed by atoms with Crippen LogP contribution in [0.5, 0.6) is 0 Å². The first kappa shape index (κ1) is 19.2. The summed E-state index contributed by atoms with van der Waals surface area (Å²) in [4.78, 5) is 24.6. The van der Waals surface area contributed by atoms with Crippen LogP contribution >= 0.6 is 0 Å². The lowest BCUT2D eigenvalue weighted by Gasteiger charge is -2.25. The fourth-order valence-corrected chi connectivity index (χ4v) is 2.58. The van der Waals surface area contributed by atoms with E-state index in [9.17, 15) is 14.7 Å². The van der Waals surface area contributed by atoms with Gasteiger partial charge in [-0.2, -0.15) is 0 Å². The Morgan fingerprint density at radius 2 is 2.08 bits per heavy atom. The smallest absolute Gasteiger partial charge is 0.408 e. The average Bonchev–Trinajstić information content (AvgIpc) is 3.02. The summed E-state index contributed by atoms with van der Waals surface area (Å²) in [6.07, 6.45) is -0.404. The second kappa shape index (κ2) is 9.39. The van der Waals surface area contributed by atoms with Crippen LogP contribution in [0.15, 0.2) is 30.3 Å². The Kier molecular flexibility index (Phi) is 7.21. The van der Waals surface area contributed by atoms with Crippen LogP contribution in [0.1, 0.15) is 32.3 Å². The zero-order chi connectivity index (χ0) is 18.2. The molecule has 0 radical (unpaired) electrons. The van der Waals surface area contributed by atoms with Crippen molar-refractivity contribution in [2.24, 2.45) is 5.92 Å². The fourth-order valence-electron chi connectivity index (χ4n) is 2.58. The molecule has 3 N–H and O–H groups in total. The first-order valence-corrected chi connectivity index (χ1v) is 8.58. The maximum absolute atomic E-state index is 12.5. The Morgan fingerprint density at radius 1 is 1.36 bits per heavy atom. The summed E-state index contributed by atoms with van der Waals surface area (Å²) < 4.78 is 10.2. The van der Waals surface area contributed by atoms with Crippen molar-refractivity contribution in [2.45, 2.75) is 51.7 Å². The van der Waals surface area contributed by atoms with E-state index >= 15 is 0 Å². The quantitative estimate of drug-likeness (QED) is 0.693. The second-order valence-electron chi connectivity index (χ2n) is 6.23. The highest BCUT2D eigenvalue weighted by molar-refractivity contribution is 5.86. The van der Waals surface area contributed by atoms with Crippen LogP contribution in [0.25, 0.3) is 0 Å². The Labute approximate surface area is 147 Å². The van der Waals surface area contributed by atoms with Crippen molar-refractivity contribution in [3.8, 4) is 0 Å². The maximum Gasteiger partial charge on any atom is 0.408 e. The lowest BCUT2D eigenvalue weighted by molar-refractivity contribution is -0.128. The highest BCUT2D eigenvalue weighted by Gasteiger charge is 2.32. The minimum atomic E-state index is -1.01. The van der Waals surface area contributed by atoms with Gasteiger partial charge in [0.15, 0.2) is 6.29 Å². The van der Waals surface area contributed by atoms with Gasteiger partial charge in [-0.05, 0) is 17.9 Å². The summed E-state index contributed by atoms with van der Waals surface area (Å²) in [6, 6.07) is 8.12. The summed E-state index contributed by atoms with van der Waals surface area (Å²) in [5.41, 5.74) is 0.869. The Hall–Kier alpha value is -2.12. The molecule has 0 saturated carbocycles. The van der Waals surface area contributed by atoms with Crippen molar-refractivity contribution in [1.29, 1.82) is 0 Å². The standard InChI is InChI=1S/C18H26N2O5/c1-3-12(2)15(16(21)19-14-9-10-24-17(14)22)20-18(23)25-11-13-7-5-4-6-8-13/h4-8,12,14-15,17,22H,3,9-11H2,1-2H3,(H,19,21)(H,20,23). The molecule has 25 heavy (non-hydrogen) atoms. The molecule has 4 unspecified atom stereocenters. The average molecular weight is 350 g/mol. The molecule has 1 heterocycles. The van der Waals surface area contributed by atoms with Crippen molar-refractivity contribution in [2.75, 3.05) is 6.61 Å². The lowest BCUT2D eigenvalue weighted by Crippen LogP contribution is -2.54. The topological polar surface area (TPSA) is 96.9 Å². The molecule has 0 spiro atoms. The number of carbonyl (C=O) groups is 2. The van der Waals surface area contributed by atoms with Crippen LogP contribution < -0.4 is 10.6 Å². The normalized spacial score (nSPS) is 22.0. The highest BCUT2D eigenvalue weighted by Crippen LogP contribution is 2.14. The molecule has 1 aliphatic rings. The van der Waals surface area contributed by atoms with Crippen molar-refractivity contribution in [3.63, 3.8) is 0 Å². The zero-order valence-corrected chi connectivity index (χ0v) is 14.6. The third kappa shape index (κ3) is 5.72. The van der Waals surface area contributed by atoms with Crippen LogP contribution in [0, 0.1) is 5.92 Å². The largest absolute Gasteiger partial charge is 0.445 e. The third-order valence-corrected chi connectivity index (χ3v) is 4.37. The molecule has 2 amide bonds. The molecule has 1 aliphatic heterocycles. The summed E-state index contributed by atoms with van der Waals surface area (Å²) in [5, 5.41) is 15.0. The minimum absolute atomic E-state index is 0.0799. The van der Waals surface area contributed by atoms with Crippen molar-refractivity contribution in [1.82, 2.24) is 10.6 Å².